The number of hydrogen-bond donors (Lipinski definition) is 1. The summed E-state index contributed by atoms with van der Waals surface area (Å²) < 4.78 is 0. The van der Waals surface area contributed by atoms with Gasteiger partial charge in [-0.2, -0.15) is 0 Å². The first-order chi connectivity index (χ1) is 13.8. The number of piperidine rings is 1. The molecule has 1 amide bonds. The van der Waals surface area contributed by atoms with Crippen molar-refractivity contribution >= 4 is 12.0 Å². The van der Waals surface area contributed by atoms with Crippen molar-refractivity contribution in [3.63, 3.8) is 0 Å². The van der Waals surface area contributed by atoms with Crippen LogP contribution in [0.4, 0.5) is 0 Å². The van der Waals surface area contributed by atoms with E-state index in [1.165, 1.54) is 43.5 Å². The summed E-state index contributed by atoms with van der Waals surface area (Å²) in [5.74, 6) is -0.0253. The number of carbonyl (C=O) groups is 1. The van der Waals surface area contributed by atoms with Crippen molar-refractivity contribution in [2.75, 3.05) is 26.2 Å². The quantitative estimate of drug-likeness (QED) is 0.404. The van der Waals surface area contributed by atoms with Crippen LogP contribution in [0.3, 0.4) is 0 Å². The van der Waals surface area contributed by atoms with E-state index in [0.29, 0.717) is 0 Å². The average molecular weight is 375 g/mol. The number of amides is 1. The molecule has 3 heteroatoms. The molecular weight excluding hydrogens is 344 g/mol. The molecule has 2 aromatic rings. The molecule has 28 heavy (non-hydrogen) atoms. The number of allylic oxidation sites excluding steroid dienone is 2. The Kier molecular flexibility index (Phi) is 8.07. The molecular formula is C25H30N2O. The Morgan fingerprint density at radius 2 is 1.61 bits per heavy atom. The molecule has 1 aliphatic rings. The van der Waals surface area contributed by atoms with Crippen LogP contribution >= 0.6 is 0 Å². The first-order valence-electron chi connectivity index (χ1n) is 10.3. The zero-order chi connectivity index (χ0) is 19.4. The minimum atomic E-state index is -0.0253. The molecule has 146 valence electrons. The van der Waals surface area contributed by atoms with Crippen LogP contribution in [0, 0.1) is 0 Å². The molecule has 2 aromatic carbocycles. The highest BCUT2D eigenvalue weighted by Gasteiger charge is 2.08. The molecule has 0 unspecified atom stereocenters. The van der Waals surface area contributed by atoms with Gasteiger partial charge in [-0.15, -0.1) is 0 Å². The van der Waals surface area contributed by atoms with Gasteiger partial charge >= 0.3 is 0 Å². The fraction of sp³-hybridized carbons (Fsp3) is 0.320. The van der Waals surface area contributed by atoms with Crippen LogP contribution in [-0.2, 0) is 4.79 Å². The van der Waals surface area contributed by atoms with Crippen LogP contribution in [0.25, 0.3) is 17.2 Å². The summed E-state index contributed by atoms with van der Waals surface area (Å²) in [6, 6.07) is 18.8. The molecule has 1 fully saturated rings. The zero-order valence-electron chi connectivity index (χ0n) is 16.5. The van der Waals surface area contributed by atoms with Crippen LogP contribution < -0.4 is 5.32 Å². The standard InChI is InChI=1S/C25H30N2O/c28-25(26-18-9-21-27-19-7-2-8-20-27)13-6-5-10-22-14-16-24(17-15-22)23-11-3-1-4-12-23/h1,3-6,10-17H,2,7-9,18-21H2,(H,26,28)/b10-5+,13-6+. The smallest absolute Gasteiger partial charge is 0.243 e. The van der Waals surface area contributed by atoms with Crippen molar-refractivity contribution in [2.24, 2.45) is 0 Å². The minimum absolute atomic E-state index is 0.0253. The van der Waals surface area contributed by atoms with Gasteiger partial charge in [-0.3, -0.25) is 4.79 Å². The number of likely N-dealkylation sites (tertiary alicyclic amines) is 1. The highest BCUT2D eigenvalue weighted by atomic mass is 16.1. The lowest BCUT2D eigenvalue weighted by Gasteiger charge is -2.26. The van der Waals surface area contributed by atoms with Crippen molar-refractivity contribution in [2.45, 2.75) is 25.7 Å². The Morgan fingerprint density at radius 3 is 2.36 bits per heavy atom. The molecule has 1 heterocycles. The number of nitrogens with zero attached hydrogens (tertiary/aromatic N) is 1. The average Bonchev–Trinajstić information content (AvgIpc) is 2.76. The molecule has 0 aromatic heterocycles. The van der Waals surface area contributed by atoms with Crippen LogP contribution in [0.1, 0.15) is 31.2 Å². The monoisotopic (exact) mass is 374 g/mol. The van der Waals surface area contributed by atoms with Crippen molar-refractivity contribution < 1.29 is 4.79 Å². The summed E-state index contributed by atoms with van der Waals surface area (Å²) in [4.78, 5) is 14.4. The van der Waals surface area contributed by atoms with Crippen LogP contribution in [-0.4, -0.2) is 37.0 Å². The van der Waals surface area contributed by atoms with Crippen molar-refractivity contribution in [1.82, 2.24) is 10.2 Å². The van der Waals surface area contributed by atoms with E-state index >= 15 is 0 Å². The first-order valence-corrected chi connectivity index (χ1v) is 10.3. The molecule has 3 nitrogen and oxygen atoms in total. The normalized spacial score (nSPS) is 15.3. The molecule has 1 aliphatic heterocycles. The highest BCUT2D eigenvalue weighted by Crippen LogP contribution is 2.19. The Labute approximate surface area is 168 Å². The fourth-order valence-corrected chi connectivity index (χ4v) is 3.48. The lowest BCUT2D eigenvalue weighted by atomic mass is 10.0. The fourth-order valence-electron chi connectivity index (χ4n) is 3.48. The molecule has 0 spiro atoms. The van der Waals surface area contributed by atoms with Crippen molar-refractivity contribution in [3.05, 3.63) is 78.4 Å². The summed E-state index contributed by atoms with van der Waals surface area (Å²) in [5, 5.41) is 2.96. The van der Waals surface area contributed by atoms with Gasteiger partial charge in [0.25, 0.3) is 0 Å². The number of benzene rings is 2. The van der Waals surface area contributed by atoms with Crippen LogP contribution in [0.2, 0.25) is 0 Å². The van der Waals surface area contributed by atoms with E-state index in [4.69, 9.17) is 0 Å². The van der Waals surface area contributed by atoms with Gasteiger partial charge in [0, 0.05) is 12.6 Å². The van der Waals surface area contributed by atoms with E-state index in [2.05, 4.69) is 46.6 Å². The van der Waals surface area contributed by atoms with Gasteiger partial charge in [0.1, 0.15) is 0 Å². The number of hydrogen-bond acceptors (Lipinski definition) is 2. The topological polar surface area (TPSA) is 32.3 Å². The van der Waals surface area contributed by atoms with E-state index in [9.17, 15) is 4.79 Å². The molecule has 0 atom stereocenters. The highest BCUT2D eigenvalue weighted by molar-refractivity contribution is 5.87. The second kappa shape index (κ2) is 11.3. The SMILES string of the molecule is O=C(/C=C/C=C/c1ccc(-c2ccccc2)cc1)NCCCN1CCCCC1. The van der Waals surface area contributed by atoms with Gasteiger partial charge in [-0.25, -0.2) is 0 Å². The second-order valence-corrected chi connectivity index (χ2v) is 7.25. The van der Waals surface area contributed by atoms with E-state index in [1.807, 2.05) is 30.4 Å². The van der Waals surface area contributed by atoms with Gasteiger partial charge in [-0.1, -0.05) is 79.2 Å². The maximum Gasteiger partial charge on any atom is 0.243 e. The van der Waals surface area contributed by atoms with Crippen molar-refractivity contribution in [1.29, 1.82) is 0 Å². The van der Waals surface area contributed by atoms with Gasteiger partial charge in [-0.05, 0) is 55.6 Å². The third-order valence-corrected chi connectivity index (χ3v) is 5.06. The molecule has 0 aliphatic carbocycles. The summed E-state index contributed by atoms with van der Waals surface area (Å²) >= 11 is 0. The predicted octanol–water partition coefficient (Wildman–Crippen LogP) is 4.92. The Hall–Kier alpha value is -2.65. The molecule has 0 radical (unpaired) electrons. The van der Waals surface area contributed by atoms with Crippen molar-refractivity contribution in [3.8, 4) is 11.1 Å². The van der Waals surface area contributed by atoms with E-state index in [1.54, 1.807) is 12.2 Å². The molecule has 0 saturated carbocycles. The largest absolute Gasteiger partial charge is 0.353 e. The van der Waals surface area contributed by atoms with E-state index in [-0.39, 0.29) is 5.91 Å². The Morgan fingerprint density at radius 1 is 0.893 bits per heavy atom. The Balaban J connectivity index is 1.36. The summed E-state index contributed by atoms with van der Waals surface area (Å²) in [6.07, 6.45) is 12.3. The lowest BCUT2D eigenvalue weighted by Crippen LogP contribution is -2.33. The van der Waals surface area contributed by atoms with Crippen LogP contribution in [0.5, 0.6) is 0 Å². The maximum atomic E-state index is 11.9. The number of carbonyl (C=O) groups excluding carboxylic acids is 1. The second-order valence-electron chi connectivity index (χ2n) is 7.25. The molecule has 1 N–H and O–H groups in total. The van der Waals surface area contributed by atoms with Gasteiger partial charge in [0.05, 0.1) is 0 Å². The lowest BCUT2D eigenvalue weighted by molar-refractivity contribution is -0.116. The number of nitrogens with one attached hydrogen (secondary N) is 1. The third kappa shape index (κ3) is 6.82. The van der Waals surface area contributed by atoms with E-state index in [0.717, 1.165) is 25.1 Å². The first kappa shape index (κ1) is 20.1. The number of rotatable bonds is 8. The Bertz CT molecular complexity index is 772. The summed E-state index contributed by atoms with van der Waals surface area (Å²) in [6.45, 7) is 4.25. The maximum absolute atomic E-state index is 11.9. The summed E-state index contributed by atoms with van der Waals surface area (Å²) in [7, 11) is 0. The van der Waals surface area contributed by atoms with Gasteiger partial charge in [0.2, 0.25) is 5.91 Å². The molecule has 0 bridgehead atoms. The predicted molar refractivity (Wildman–Crippen MR) is 118 cm³/mol. The summed E-state index contributed by atoms with van der Waals surface area (Å²) in [5.41, 5.74) is 3.54. The third-order valence-electron chi connectivity index (χ3n) is 5.06. The molecule has 1 saturated heterocycles. The molecule has 3 rings (SSSR count). The van der Waals surface area contributed by atoms with Gasteiger partial charge in [0.15, 0.2) is 0 Å². The van der Waals surface area contributed by atoms with E-state index < -0.39 is 0 Å². The van der Waals surface area contributed by atoms with Crippen LogP contribution in [0.15, 0.2) is 72.8 Å². The minimum Gasteiger partial charge on any atom is -0.353 e. The zero-order valence-corrected chi connectivity index (χ0v) is 16.5. The van der Waals surface area contributed by atoms with Gasteiger partial charge < -0.3 is 10.2 Å².